The van der Waals surface area contributed by atoms with Gasteiger partial charge < -0.3 is 9.94 Å². The molecule has 0 bridgehead atoms. The van der Waals surface area contributed by atoms with Crippen LogP contribution in [0.25, 0.3) is 11.1 Å². The number of oxime groups is 1. The highest BCUT2D eigenvalue weighted by Crippen LogP contribution is 2.42. The van der Waals surface area contributed by atoms with E-state index in [1.807, 2.05) is 0 Å². The third-order valence-electron chi connectivity index (χ3n) is 4.48. The normalized spacial score (nSPS) is 11.8. The Balaban J connectivity index is 2.30. The van der Waals surface area contributed by atoms with Gasteiger partial charge in [0.2, 0.25) is 0 Å². The molecule has 0 saturated carbocycles. The molecule has 3 aromatic rings. The Morgan fingerprint density at radius 3 is 2.38 bits per heavy atom. The zero-order valence-electron chi connectivity index (χ0n) is 16.6. The monoisotopic (exact) mass is 443 g/mol. The molecular weight excluding hydrogens is 427 g/mol. The summed E-state index contributed by atoms with van der Waals surface area (Å²) in [6, 6.07) is 9.72. The topological polar surface area (TPSA) is 102 Å². The molecule has 32 heavy (non-hydrogen) atoms. The molecule has 0 aliphatic rings. The van der Waals surface area contributed by atoms with E-state index < -0.39 is 41.2 Å². The number of ketones is 1. The zero-order chi connectivity index (χ0) is 23.3. The van der Waals surface area contributed by atoms with Crippen molar-refractivity contribution in [1.29, 1.82) is 0 Å². The van der Waals surface area contributed by atoms with Gasteiger partial charge in [-0.2, -0.15) is 13.2 Å². The summed E-state index contributed by atoms with van der Waals surface area (Å²) in [6.45, 7) is 0. The van der Waals surface area contributed by atoms with Crippen LogP contribution in [0.15, 0.2) is 66.2 Å². The molecule has 2 aromatic carbocycles. The summed E-state index contributed by atoms with van der Waals surface area (Å²) in [5, 5.41) is 12.9. The minimum absolute atomic E-state index is 0.0851. The molecule has 164 valence electrons. The number of Topliss-reactive ketones (excluding diaryl/α,β-unsaturated/α-hetero) is 1. The molecule has 0 amide bonds. The van der Waals surface area contributed by atoms with E-state index in [2.05, 4.69) is 20.0 Å². The van der Waals surface area contributed by atoms with Crippen molar-refractivity contribution in [3.63, 3.8) is 0 Å². The third kappa shape index (κ3) is 4.80. The SMILES string of the molecule is CON=C(C(=O)O)c1ccc(CC(=O)c2cnccn2)c(C(F)(F)F)c1-c1ccccc1. The molecule has 0 saturated heterocycles. The van der Waals surface area contributed by atoms with Crippen LogP contribution < -0.4 is 0 Å². The second-order valence-electron chi connectivity index (χ2n) is 6.50. The maximum absolute atomic E-state index is 14.3. The van der Waals surface area contributed by atoms with Crippen LogP contribution in [0.1, 0.15) is 27.2 Å². The number of carbonyl (C=O) groups is 2. The number of aromatic nitrogens is 2. The molecule has 3 rings (SSSR count). The molecule has 0 atom stereocenters. The fraction of sp³-hybridized carbons (Fsp3) is 0.136. The van der Waals surface area contributed by atoms with Crippen molar-refractivity contribution in [3.05, 3.63) is 83.4 Å². The molecule has 7 nitrogen and oxygen atoms in total. The lowest BCUT2D eigenvalue weighted by Crippen LogP contribution is -2.21. The molecule has 1 aromatic heterocycles. The summed E-state index contributed by atoms with van der Waals surface area (Å²) < 4.78 is 43.0. The summed E-state index contributed by atoms with van der Waals surface area (Å²) in [5.41, 5.74) is -2.87. The second kappa shape index (κ2) is 9.38. The number of aliphatic carboxylic acids is 1. The predicted molar refractivity (Wildman–Crippen MR) is 108 cm³/mol. The number of carbonyl (C=O) groups excluding carboxylic acids is 1. The van der Waals surface area contributed by atoms with E-state index in [0.717, 1.165) is 19.4 Å². The van der Waals surface area contributed by atoms with Gasteiger partial charge in [-0.3, -0.25) is 9.78 Å². The van der Waals surface area contributed by atoms with Gasteiger partial charge in [0.05, 0.1) is 11.8 Å². The van der Waals surface area contributed by atoms with Gasteiger partial charge in [0, 0.05) is 29.9 Å². The fourth-order valence-electron chi connectivity index (χ4n) is 3.22. The summed E-state index contributed by atoms with van der Waals surface area (Å²) >= 11 is 0. The van der Waals surface area contributed by atoms with Crippen LogP contribution in [0.2, 0.25) is 0 Å². The Morgan fingerprint density at radius 2 is 1.81 bits per heavy atom. The number of nitrogens with zero attached hydrogens (tertiary/aromatic N) is 3. The standard InChI is InChI=1S/C22H16F3N3O4/c1-32-28-20(21(30)31)15-8-7-14(11-17(29)16-12-26-9-10-27-16)19(22(23,24)25)18(15)13-5-3-2-4-6-13/h2-10,12H,11H2,1H3,(H,30,31). The Kier molecular flexibility index (Phi) is 6.62. The molecule has 0 aliphatic heterocycles. The maximum atomic E-state index is 14.3. The predicted octanol–water partition coefficient (Wildman–Crippen LogP) is 4.02. The molecule has 1 heterocycles. The number of halogens is 3. The van der Waals surface area contributed by atoms with Crippen molar-refractivity contribution in [2.45, 2.75) is 12.6 Å². The molecule has 1 N–H and O–H groups in total. The van der Waals surface area contributed by atoms with Gasteiger partial charge in [-0.05, 0) is 11.1 Å². The minimum atomic E-state index is -4.91. The second-order valence-corrected chi connectivity index (χ2v) is 6.50. The number of hydrogen-bond donors (Lipinski definition) is 1. The molecular formula is C22H16F3N3O4. The summed E-state index contributed by atoms with van der Waals surface area (Å²) in [7, 11) is 1.09. The first kappa shape index (κ1) is 22.6. The average molecular weight is 443 g/mol. The minimum Gasteiger partial charge on any atom is -0.476 e. The van der Waals surface area contributed by atoms with Gasteiger partial charge in [-0.15, -0.1) is 0 Å². The van der Waals surface area contributed by atoms with E-state index in [1.165, 1.54) is 42.7 Å². The lowest BCUT2D eigenvalue weighted by Gasteiger charge is -2.21. The first-order chi connectivity index (χ1) is 15.2. The van der Waals surface area contributed by atoms with Crippen molar-refractivity contribution < 1.29 is 32.7 Å². The first-order valence-corrected chi connectivity index (χ1v) is 9.16. The van der Waals surface area contributed by atoms with E-state index in [0.29, 0.717) is 0 Å². The van der Waals surface area contributed by atoms with Crippen LogP contribution >= 0.6 is 0 Å². The highest BCUT2D eigenvalue weighted by atomic mass is 19.4. The van der Waals surface area contributed by atoms with Gasteiger partial charge >= 0.3 is 12.1 Å². The number of rotatable bonds is 7. The van der Waals surface area contributed by atoms with Crippen LogP contribution in [0, 0.1) is 0 Å². The van der Waals surface area contributed by atoms with Gasteiger partial charge in [-0.1, -0.05) is 47.6 Å². The molecule has 0 spiro atoms. The van der Waals surface area contributed by atoms with E-state index >= 15 is 0 Å². The quantitative estimate of drug-likeness (QED) is 0.336. The molecule has 0 radical (unpaired) electrons. The summed E-state index contributed by atoms with van der Waals surface area (Å²) in [5.74, 6) is -2.24. The van der Waals surface area contributed by atoms with Crippen LogP contribution in [0.5, 0.6) is 0 Å². The van der Waals surface area contributed by atoms with E-state index in [1.54, 1.807) is 6.07 Å². The molecule has 0 unspecified atom stereocenters. The van der Waals surface area contributed by atoms with E-state index in [-0.39, 0.29) is 22.4 Å². The smallest absolute Gasteiger partial charge is 0.417 e. The van der Waals surface area contributed by atoms with Crippen molar-refractivity contribution in [1.82, 2.24) is 9.97 Å². The van der Waals surface area contributed by atoms with Crippen molar-refractivity contribution in [2.75, 3.05) is 7.11 Å². The van der Waals surface area contributed by atoms with Gasteiger partial charge in [0.1, 0.15) is 12.8 Å². The first-order valence-electron chi connectivity index (χ1n) is 9.16. The third-order valence-corrected chi connectivity index (χ3v) is 4.48. The molecule has 0 aliphatic carbocycles. The average Bonchev–Trinajstić information content (AvgIpc) is 2.77. The highest BCUT2D eigenvalue weighted by Gasteiger charge is 2.39. The number of carboxylic acid groups (broad SMARTS) is 1. The van der Waals surface area contributed by atoms with Gasteiger partial charge in [0.25, 0.3) is 0 Å². The van der Waals surface area contributed by atoms with E-state index in [4.69, 9.17) is 0 Å². The summed E-state index contributed by atoms with van der Waals surface area (Å²) in [4.78, 5) is 36.4. The fourth-order valence-corrected chi connectivity index (χ4v) is 3.22. The van der Waals surface area contributed by atoms with Crippen molar-refractivity contribution >= 4 is 17.5 Å². The van der Waals surface area contributed by atoms with Crippen LogP contribution in [0.3, 0.4) is 0 Å². The Morgan fingerprint density at radius 1 is 1.09 bits per heavy atom. The Hall–Kier alpha value is -4.08. The van der Waals surface area contributed by atoms with E-state index in [9.17, 15) is 27.9 Å². The van der Waals surface area contributed by atoms with Gasteiger partial charge in [-0.25, -0.2) is 9.78 Å². The number of benzene rings is 2. The van der Waals surface area contributed by atoms with Crippen molar-refractivity contribution in [3.8, 4) is 11.1 Å². The molecule has 0 fully saturated rings. The van der Waals surface area contributed by atoms with Gasteiger partial charge in [0.15, 0.2) is 11.5 Å². The maximum Gasteiger partial charge on any atom is 0.417 e. The number of alkyl halides is 3. The van der Waals surface area contributed by atoms with Crippen LogP contribution in [-0.4, -0.2) is 39.6 Å². The Bertz CT molecular complexity index is 1160. The lowest BCUT2D eigenvalue weighted by molar-refractivity contribution is -0.137. The molecule has 10 heteroatoms. The number of hydrogen-bond acceptors (Lipinski definition) is 6. The summed E-state index contributed by atoms with van der Waals surface area (Å²) in [6.07, 6.45) is -1.76. The van der Waals surface area contributed by atoms with Crippen LogP contribution in [-0.2, 0) is 22.2 Å². The lowest BCUT2D eigenvalue weighted by atomic mass is 9.86. The van der Waals surface area contributed by atoms with Crippen molar-refractivity contribution in [2.24, 2.45) is 5.16 Å². The zero-order valence-corrected chi connectivity index (χ0v) is 16.6. The highest BCUT2D eigenvalue weighted by molar-refractivity contribution is 6.43. The Labute approximate surface area is 180 Å². The van der Waals surface area contributed by atoms with Crippen LogP contribution in [0.4, 0.5) is 13.2 Å². The largest absolute Gasteiger partial charge is 0.476 e. The number of carboxylic acids is 1.